The van der Waals surface area contributed by atoms with Gasteiger partial charge < -0.3 is 10.1 Å². The molecule has 1 aromatic heterocycles. The second-order valence-corrected chi connectivity index (χ2v) is 7.24. The molecule has 6 heteroatoms. The van der Waals surface area contributed by atoms with Crippen LogP contribution in [0.15, 0.2) is 30.3 Å². The van der Waals surface area contributed by atoms with Crippen LogP contribution < -0.4 is 5.32 Å². The van der Waals surface area contributed by atoms with Crippen LogP contribution in [-0.2, 0) is 16.1 Å². The summed E-state index contributed by atoms with van der Waals surface area (Å²) in [4.78, 5) is 20.2. The number of carbonyl (C=O) groups excluding carboxylic acids is 1. The zero-order chi connectivity index (χ0) is 17.1. The normalized spacial score (nSPS) is 21.1. The van der Waals surface area contributed by atoms with Crippen molar-refractivity contribution in [2.75, 3.05) is 20.7 Å². The van der Waals surface area contributed by atoms with Crippen molar-refractivity contribution in [3.05, 3.63) is 40.9 Å². The lowest BCUT2D eigenvalue weighted by Gasteiger charge is -2.17. The van der Waals surface area contributed by atoms with E-state index in [0.717, 1.165) is 34.1 Å². The quantitative estimate of drug-likeness (QED) is 0.904. The molecule has 1 aliphatic rings. The molecule has 24 heavy (non-hydrogen) atoms. The molecule has 0 radical (unpaired) electrons. The SMILES string of the molecule is CO[C@H]1C[C@@H](C(=O)NCc2sc(-c3ccccc3)nc2C)N(C)C1. The van der Waals surface area contributed by atoms with Crippen LogP contribution in [0.1, 0.15) is 17.0 Å². The van der Waals surface area contributed by atoms with E-state index in [9.17, 15) is 4.79 Å². The highest BCUT2D eigenvalue weighted by Gasteiger charge is 2.34. The Bertz CT molecular complexity index is 702. The van der Waals surface area contributed by atoms with E-state index in [0.29, 0.717) is 6.54 Å². The number of thiazole rings is 1. The molecular formula is C18H23N3O2S. The van der Waals surface area contributed by atoms with Crippen LogP contribution in [0.5, 0.6) is 0 Å². The number of aryl methyl sites for hydroxylation is 1. The Kier molecular flexibility index (Phi) is 5.28. The van der Waals surface area contributed by atoms with E-state index >= 15 is 0 Å². The summed E-state index contributed by atoms with van der Waals surface area (Å²) in [6.07, 6.45) is 0.885. The zero-order valence-corrected chi connectivity index (χ0v) is 15.1. The maximum absolute atomic E-state index is 12.5. The molecule has 1 fully saturated rings. The summed E-state index contributed by atoms with van der Waals surface area (Å²) in [5, 5.41) is 4.05. The smallest absolute Gasteiger partial charge is 0.237 e. The number of carbonyl (C=O) groups is 1. The predicted octanol–water partition coefficient (Wildman–Crippen LogP) is 2.45. The van der Waals surface area contributed by atoms with E-state index in [1.54, 1.807) is 18.4 Å². The highest BCUT2D eigenvalue weighted by atomic mass is 32.1. The summed E-state index contributed by atoms with van der Waals surface area (Å²) in [6, 6.07) is 10.0. The number of nitrogens with zero attached hydrogens (tertiary/aromatic N) is 2. The first kappa shape index (κ1) is 17.1. The number of amides is 1. The zero-order valence-electron chi connectivity index (χ0n) is 14.3. The number of aromatic nitrogens is 1. The van der Waals surface area contributed by atoms with Gasteiger partial charge in [-0.1, -0.05) is 30.3 Å². The Balaban J connectivity index is 1.63. The van der Waals surface area contributed by atoms with E-state index in [1.807, 2.05) is 32.2 Å². The average Bonchev–Trinajstić information content (AvgIpc) is 3.16. The summed E-state index contributed by atoms with van der Waals surface area (Å²) in [7, 11) is 3.67. The van der Waals surface area contributed by atoms with Crippen molar-refractivity contribution in [3.63, 3.8) is 0 Å². The number of ether oxygens (including phenoxy) is 1. The minimum atomic E-state index is -0.114. The standard InChI is InChI=1S/C18H23N3O2S/c1-12-16(24-18(20-12)13-7-5-4-6-8-13)10-19-17(22)15-9-14(23-3)11-21(15)2/h4-8,14-15H,9-11H2,1-3H3,(H,19,22)/t14-,15-/m0/s1. The molecule has 1 aromatic carbocycles. The first-order valence-electron chi connectivity index (χ1n) is 8.11. The highest BCUT2D eigenvalue weighted by molar-refractivity contribution is 7.15. The number of nitrogens with one attached hydrogen (secondary N) is 1. The minimum Gasteiger partial charge on any atom is -0.380 e. The summed E-state index contributed by atoms with van der Waals surface area (Å²) in [5.41, 5.74) is 2.09. The second-order valence-electron chi connectivity index (χ2n) is 6.16. The van der Waals surface area contributed by atoms with Gasteiger partial charge in [-0.2, -0.15) is 0 Å². The first-order valence-corrected chi connectivity index (χ1v) is 8.92. The molecular weight excluding hydrogens is 322 g/mol. The van der Waals surface area contributed by atoms with Crippen molar-refractivity contribution in [2.24, 2.45) is 0 Å². The van der Waals surface area contributed by atoms with Crippen LogP contribution in [0.2, 0.25) is 0 Å². The molecule has 0 spiro atoms. The predicted molar refractivity (Wildman–Crippen MR) is 96.0 cm³/mol. The third-order valence-corrected chi connectivity index (χ3v) is 5.69. The summed E-state index contributed by atoms with van der Waals surface area (Å²) >= 11 is 1.64. The number of likely N-dealkylation sites (N-methyl/N-ethyl adjacent to an activating group) is 1. The van der Waals surface area contributed by atoms with Gasteiger partial charge in [0.2, 0.25) is 5.91 Å². The number of likely N-dealkylation sites (tertiary alicyclic amines) is 1. The Morgan fingerprint density at radius 1 is 1.42 bits per heavy atom. The van der Waals surface area contributed by atoms with Crippen molar-refractivity contribution in [1.82, 2.24) is 15.2 Å². The van der Waals surface area contributed by atoms with Gasteiger partial charge in [-0.15, -0.1) is 11.3 Å². The highest BCUT2D eigenvalue weighted by Crippen LogP contribution is 2.27. The lowest BCUT2D eigenvalue weighted by molar-refractivity contribution is -0.125. The van der Waals surface area contributed by atoms with Crippen molar-refractivity contribution in [2.45, 2.75) is 32.0 Å². The fraction of sp³-hybridized carbons (Fsp3) is 0.444. The molecule has 1 N–H and O–H groups in total. The van der Waals surface area contributed by atoms with Gasteiger partial charge in [-0.3, -0.25) is 9.69 Å². The van der Waals surface area contributed by atoms with E-state index in [2.05, 4.69) is 27.3 Å². The van der Waals surface area contributed by atoms with E-state index in [4.69, 9.17) is 4.74 Å². The number of hydrogen-bond donors (Lipinski definition) is 1. The summed E-state index contributed by atoms with van der Waals surface area (Å²) in [6.45, 7) is 3.32. The van der Waals surface area contributed by atoms with Crippen molar-refractivity contribution >= 4 is 17.2 Å². The third-order valence-electron chi connectivity index (χ3n) is 4.48. The van der Waals surface area contributed by atoms with Crippen LogP contribution in [-0.4, -0.2) is 48.6 Å². The van der Waals surface area contributed by atoms with Gasteiger partial charge in [0.15, 0.2) is 0 Å². The maximum Gasteiger partial charge on any atom is 0.237 e. The molecule has 5 nitrogen and oxygen atoms in total. The Morgan fingerprint density at radius 3 is 2.83 bits per heavy atom. The van der Waals surface area contributed by atoms with Crippen LogP contribution in [0.25, 0.3) is 10.6 Å². The molecule has 1 saturated heterocycles. The van der Waals surface area contributed by atoms with E-state index in [-0.39, 0.29) is 18.1 Å². The van der Waals surface area contributed by atoms with Crippen LogP contribution in [0.4, 0.5) is 0 Å². The molecule has 2 heterocycles. The number of methoxy groups -OCH3 is 1. The molecule has 1 aliphatic heterocycles. The van der Waals surface area contributed by atoms with Gasteiger partial charge in [0, 0.05) is 24.1 Å². The van der Waals surface area contributed by atoms with Gasteiger partial charge in [-0.25, -0.2) is 4.98 Å². The Labute approximate surface area is 146 Å². The first-order chi connectivity index (χ1) is 11.6. The molecule has 0 bridgehead atoms. The lowest BCUT2D eigenvalue weighted by Crippen LogP contribution is -2.41. The second kappa shape index (κ2) is 7.42. The third kappa shape index (κ3) is 3.66. The number of hydrogen-bond acceptors (Lipinski definition) is 5. The van der Waals surface area contributed by atoms with E-state index < -0.39 is 0 Å². The van der Waals surface area contributed by atoms with Crippen molar-refractivity contribution in [3.8, 4) is 10.6 Å². The van der Waals surface area contributed by atoms with Gasteiger partial charge in [-0.05, 0) is 20.4 Å². The summed E-state index contributed by atoms with van der Waals surface area (Å²) < 4.78 is 5.37. The maximum atomic E-state index is 12.5. The topological polar surface area (TPSA) is 54.5 Å². The fourth-order valence-corrected chi connectivity index (χ4v) is 4.02. The van der Waals surface area contributed by atoms with E-state index in [1.165, 1.54) is 0 Å². The van der Waals surface area contributed by atoms with Crippen LogP contribution in [0, 0.1) is 6.92 Å². The molecule has 128 valence electrons. The van der Waals surface area contributed by atoms with Gasteiger partial charge in [0.1, 0.15) is 5.01 Å². The van der Waals surface area contributed by atoms with Crippen LogP contribution in [0.3, 0.4) is 0 Å². The molecule has 0 aliphatic carbocycles. The van der Waals surface area contributed by atoms with Gasteiger partial charge >= 0.3 is 0 Å². The molecule has 0 unspecified atom stereocenters. The average molecular weight is 345 g/mol. The van der Waals surface area contributed by atoms with Crippen molar-refractivity contribution in [1.29, 1.82) is 0 Å². The molecule has 2 aromatic rings. The number of rotatable bonds is 5. The van der Waals surface area contributed by atoms with Gasteiger partial charge in [0.05, 0.1) is 24.4 Å². The monoisotopic (exact) mass is 345 g/mol. The lowest BCUT2D eigenvalue weighted by atomic mass is 10.2. The fourth-order valence-electron chi connectivity index (χ4n) is 3.01. The number of benzene rings is 1. The summed E-state index contributed by atoms with van der Waals surface area (Å²) in [5.74, 6) is 0.0612. The molecule has 2 atom stereocenters. The Hall–Kier alpha value is -1.76. The Morgan fingerprint density at radius 2 is 2.17 bits per heavy atom. The molecule has 3 rings (SSSR count). The van der Waals surface area contributed by atoms with Crippen LogP contribution >= 0.6 is 11.3 Å². The van der Waals surface area contributed by atoms with Gasteiger partial charge in [0.25, 0.3) is 0 Å². The molecule has 1 amide bonds. The minimum absolute atomic E-state index is 0.0612. The largest absolute Gasteiger partial charge is 0.380 e. The van der Waals surface area contributed by atoms with Crippen molar-refractivity contribution < 1.29 is 9.53 Å². The molecule has 0 saturated carbocycles.